The largest absolute Gasteiger partial charge is 0.479 e. The fourth-order valence-electron chi connectivity index (χ4n) is 4.72. The van der Waals surface area contributed by atoms with Crippen LogP contribution in [0.5, 0.6) is 0 Å². The molecule has 8 nitrogen and oxygen atoms in total. The van der Waals surface area contributed by atoms with Crippen molar-refractivity contribution in [1.29, 1.82) is 0 Å². The lowest BCUT2D eigenvalue weighted by atomic mass is 9.93. The number of nitrogens with one attached hydrogen (secondary N) is 1. The molecule has 2 aromatic rings. The number of alkyl carbamates (subject to hydrolysis) is 1. The van der Waals surface area contributed by atoms with Gasteiger partial charge in [-0.15, -0.1) is 0 Å². The number of aliphatic carboxylic acids is 1. The van der Waals surface area contributed by atoms with Crippen molar-refractivity contribution in [3.63, 3.8) is 0 Å². The van der Waals surface area contributed by atoms with Crippen molar-refractivity contribution < 1.29 is 29.3 Å². The third kappa shape index (κ3) is 4.77. The lowest BCUT2D eigenvalue weighted by Gasteiger charge is -2.43. The fraction of sp³-hybridized carbons (Fsp3) is 0.423. The van der Waals surface area contributed by atoms with Gasteiger partial charge in [-0.05, 0) is 28.7 Å². The zero-order valence-electron chi connectivity index (χ0n) is 19.2. The summed E-state index contributed by atoms with van der Waals surface area (Å²) in [7, 11) is 0. The predicted octanol–water partition coefficient (Wildman–Crippen LogP) is 3.13. The van der Waals surface area contributed by atoms with Crippen LogP contribution in [0, 0.1) is 0 Å². The number of β-amino-alcohol motifs (C(OH)–C–C–N with tert-alkyl or cyclic N) is 1. The number of carbonyl (C=O) groups is 3. The van der Waals surface area contributed by atoms with Gasteiger partial charge in [-0.25, -0.2) is 9.59 Å². The van der Waals surface area contributed by atoms with E-state index in [1.807, 2.05) is 31.2 Å². The first kappa shape index (κ1) is 23.8. The van der Waals surface area contributed by atoms with Gasteiger partial charge in [0.25, 0.3) is 0 Å². The first-order chi connectivity index (χ1) is 16.3. The first-order valence-electron chi connectivity index (χ1n) is 11.7. The summed E-state index contributed by atoms with van der Waals surface area (Å²) in [5.74, 6) is -1.69. The summed E-state index contributed by atoms with van der Waals surface area (Å²) in [6.07, 6.45) is 1.77. The number of aliphatic hydroxyl groups is 1. The molecule has 1 heterocycles. The molecule has 2 amide bonds. The smallest absolute Gasteiger partial charge is 0.407 e. The van der Waals surface area contributed by atoms with Crippen molar-refractivity contribution in [3.05, 3.63) is 59.7 Å². The number of likely N-dealkylation sites (tertiary alicyclic amines) is 1. The van der Waals surface area contributed by atoms with Crippen molar-refractivity contribution >= 4 is 18.0 Å². The van der Waals surface area contributed by atoms with Crippen LogP contribution in [0.3, 0.4) is 0 Å². The number of benzene rings is 2. The van der Waals surface area contributed by atoms with E-state index in [-0.39, 0.29) is 37.9 Å². The van der Waals surface area contributed by atoms with Crippen molar-refractivity contribution in [2.24, 2.45) is 0 Å². The average Bonchev–Trinajstić information content (AvgIpc) is 3.12. The number of amides is 2. The molecule has 1 aliphatic heterocycles. The Morgan fingerprint density at radius 2 is 1.68 bits per heavy atom. The molecule has 1 atom stereocenters. The molecule has 0 aromatic heterocycles. The quantitative estimate of drug-likeness (QED) is 0.523. The van der Waals surface area contributed by atoms with Gasteiger partial charge >= 0.3 is 12.1 Å². The minimum atomic E-state index is -1.88. The molecule has 4 rings (SSSR count). The summed E-state index contributed by atoms with van der Waals surface area (Å²) in [6.45, 7) is 1.72. The SMILES string of the molecule is CCCC[C@@H](CC(=O)N1CC(O)(C(=O)O)C1)NC(=O)OCC1c2ccccc2-c2ccccc21. The van der Waals surface area contributed by atoms with Gasteiger partial charge in [-0.2, -0.15) is 0 Å². The van der Waals surface area contributed by atoms with Crippen LogP contribution in [0.1, 0.15) is 49.7 Å². The molecule has 0 unspecified atom stereocenters. The lowest BCUT2D eigenvalue weighted by Crippen LogP contribution is -2.67. The number of fused-ring (bicyclic) bond motifs is 3. The number of hydrogen-bond acceptors (Lipinski definition) is 5. The summed E-state index contributed by atoms with van der Waals surface area (Å²) in [6, 6.07) is 15.8. The van der Waals surface area contributed by atoms with Gasteiger partial charge in [0.15, 0.2) is 5.60 Å². The van der Waals surface area contributed by atoms with Crippen LogP contribution in [0.15, 0.2) is 48.5 Å². The molecule has 3 N–H and O–H groups in total. The van der Waals surface area contributed by atoms with Crippen LogP contribution < -0.4 is 5.32 Å². The lowest BCUT2D eigenvalue weighted by molar-refractivity contribution is -0.182. The molecule has 0 saturated carbocycles. The maximum absolute atomic E-state index is 12.6. The topological polar surface area (TPSA) is 116 Å². The van der Waals surface area contributed by atoms with Crippen LogP contribution in [-0.4, -0.2) is 64.4 Å². The summed E-state index contributed by atoms with van der Waals surface area (Å²) in [4.78, 5) is 37.6. The molecule has 2 aliphatic rings. The molecule has 0 radical (unpaired) electrons. The van der Waals surface area contributed by atoms with Gasteiger partial charge in [-0.1, -0.05) is 68.3 Å². The molecule has 0 bridgehead atoms. The van der Waals surface area contributed by atoms with Gasteiger partial charge < -0.3 is 25.2 Å². The van der Waals surface area contributed by atoms with Crippen molar-refractivity contribution in [2.45, 2.75) is 50.2 Å². The third-order valence-corrected chi connectivity index (χ3v) is 6.65. The number of carboxylic acids is 1. The zero-order valence-corrected chi connectivity index (χ0v) is 19.2. The Morgan fingerprint density at radius 1 is 1.09 bits per heavy atom. The van der Waals surface area contributed by atoms with Crippen molar-refractivity contribution in [3.8, 4) is 11.1 Å². The summed E-state index contributed by atoms with van der Waals surface area (Å²) in [5.41, 5.74) is 2.66. The summed E-state index contributed by atoms with van der Waals surface area (Å²) >= 11 is 0. The van der Waals surface area contributed by atoms with E-state index in [2.05, 4.69) is 29.6 Å². The van der Waals surface area contributed by atoms with Crippen LogP contribution in [0.25, 0.3) is 11.1 Å². The standard InChI is InChI=1S/C26H30N2O6/c1-2-3-8-17(13-23(29)28-15-26(33,16-28)24(30)31)27-25(32)34-14-22-20-11-6-4-9-18(20)19-10-5-7-12-21(19)22/h4-7,9-12,17,22,33H,2-3,8,13-16H2,1H3,(H,27,32)(H,30,31)/t17-/m0/s1. The van der Waals surface area contributed by atoms with E-state index < -0.39 is 23.7 Å². The van der Waals surface area contributed by atoms with Crippen LogP contribution >= 0.6 is 0 Å². The maximum atomic E-state index is 12.6. The van der Waals surface area contributed by atoms with Gasteiger partial charge in [-0.3, -0.25) is 4.79 Å². The normalized spacial score (nSPS) is 16.7. The second-order valence-corrected chi connectivity index (χ2v) is 9.10. The Kier molecular flexibility index (Phi) is 6.88. The van der Waals surface area contributed by atoms with Crippen LogP contribution in [-0.2, 0) is 14.3 Å². The first-order valence-corrected chi connectivity index (χ1v) is 11.7. The zero-order chi connectivity index (χ0) is 24.3. The van der Waals surface area contributed by atoms with E-state index in [0.717, 1.165) is 35.1 Å². The second-order valence-electron chi connectivity index (χ2n) is 9.10. The minimum Gasteiger partial charge on any atom is -0.479 e. The van der Waals surface area contributed by atoms with E-state index in [9.17, 15) is 19.5 Å². The number of unbranched alkanes of at least 4 members (excludes halogenated alkanes) is 1. The Hall–Kier alpha value is -3.39. The second kappa shape index (κ2) is 9.85. The van der Waals surface area contributed by atoms with E-state index in [0.29, 0.717) is 6.42 Å². The molecule has 34 heavy (non-hydrogen) atoms. The number of hydrogen-bond donors (Lipinski definition) is 3. The highest BCUT2D eigenvalue weighted by atomic mass is 16.5. The Morgan fingerprint density at radius 3 is 2.24 bits per heavy atom. The Bertz CT molecular complexity index is 1030. The number of nitrogens with zero attached hydrogens (tertiary/aromatic N) is 1. The number of rotatable bonds is 9. The van der Waals surface area contributed by atoms with Crippen molar-refractivity contribution in [1.82, 2.24) is 10.2 Å². The van der Waals surface area contributed by atoms with Gasteiger partial charge in [0.2, 0.25) is 5.91 Å². The monoisotopic (exact) mass is 466 g/mol. The molecule has 180 valence electrons. The molecule has 0 spiro atoms. The number of carbonyl (C=O) groups excluding carboxylic acids is 2. The van der Waals surface area contributed by atoms with Gasteiger partial charge in [0, 0.05) is 18.4 Å². The molecule has 8 heteroatoms. The number of ether oxygens (including phenoxy) is 1. The third-order valence-electron chi connectivity index (χ3n) is 6.65. The van der Waals surface area contributed by atoms with E-state index in [1.54, 1.807) is 0 Å². The van der Waals surface area contributed by atoms with Crippen LogP contribution in [0.2, 0.25) is 0 Å². The molecule has 1 aliphatic carbocycles. The van der Waals surface area contributed by atoms with Crippen LogP contribution in [0.4, 0.5) is 4.79 Å². The van der Waals surface area contributed by atoms with E-state index in [4.69, 9.17) is 9.84 Å². The summed E-state index contributed by atoms with van der Waals surface area (Å²) < 4.78 is 5.60. The van der Waals surface area contributed by atoms with Gasteiger partial charge in [0.05, 0.1) is 13.1 Å². The average molecular weight is 467 g/mol. The molecule has 1 fully saturated rings. The highest BCUT2D eigenvalue weighted by Crippen LogP contribution is 2.44. The molecular formula is C26H30N2O6. The molecule has 1 saturated heterocycles. The predicted molar refractivity (Wildman–Crippen MR) is 125 cm³/mol. The van der Waals surface area contributed by atoms with Crippen molar-refractivity contribution in [2.75, 3.05) is 19.7 Å². The summed E-state index contributed by atoms with van der Waals surface area (Å²) in [5, 5.41) is 21.7. The Balaban J connectivity index is 1.35. The Labute approximate surface area is 198 Å². The fourth-order valence-corrected chi connectivity index (χ4v) is 4.72. The number of carboxylic acid groups (broad SMARTS) is 1. The molecule has 2 aromatic carbocycles. The maximum Gasteiger partial charge on any atom is 0.407 e. The molecular weight excluding hydrogens is 436 g/mol. The van der Waals surface area contributed by atoms with Gasteiger partial charge in [0.1, 0.15) is 6.61 Å². The highest BCUT2D eigenvalue weighted by molar-refractivity contribution is 5.85. The minimum absolute atomic E-state index is 0.0277. The highest BCUT2D eigenvalue weighted by Gasteiger charge is 2.50. The van der Waals surface area contributed by atoms with E-state index >= 15 is 0 Å². The van der Waals surface area contributed by atoms with E-state index in [1.165, 1.54) is 4.90 Å².